The van der Waals surface area contributed by atoms with E-state index in [9.17, 15) is 0 Å². The van der Waals surface area contributed by atoms with Crippen molar-refractivity contribution < 1.29 is 4.74 Å². The van der Waals surface area contributed by atoms with Crippen molar-refractivity contribution in [3.8, 4) is 0 Å². The summed E-state index contributed by atoms with van der Waals surface area (Å²) in [5, 5.41) is 0. The molecule has 5 heteroatoms. The van der Waals surface area contributed by atoms with Gasteiger partial charge in [-0.25, -0.2) is 9.97 Å². The molecule has 2 aliphatic rings. The average molecular weight is 298 g/mol. The number of rotatable bonds is 2. The molecule has 4 nitrogen and oxygen atoms in total. The van der Waals surface area contributed by atoms with Gasteiger partial charge in [0, 0.05) is 18.5 Å². The second-order valence-electron chi connectivity index (χ2n) is 4.80. The van der Waals surface area contributed by atoms with Crippen LogP contribution in [0.5, 0.6) is 0 Å². The molecule has 0 N–H and O–H groups in total. The maximum absolute atomic E-state index is 5.46. The second kappa shape index (κ2) is 4.53. The molecule has 2 heterocycles. The molecule has 0 radical (unpaired) electrons. The van der Waals surface area contributed by atoms with Gasteiger partial charge in [-0.3, -0.25) is 0 Å². The number of morpholine rings is 1. The number of aromatic nitrogens is 2. The lowest BCUT2D eigenvalue weighted by atomic mass is 10.2. The summed E-state index contributed by atoms with van der Waals surface area (Å²) in [7, 11) is 0. The summed E-state index contributed by atoms with van der Waals surface area (Å²) in [6, 6.07) is 2.39. The molecule has 1 aromatic rings. The highest BCUT2D eigenvalue weighted by molar-refractivity contribution is 9.10. The highest BCUT2D eigenvalue weighted by atomic mass is 79.9. The Labute approximate surface area is 110 Å². The normalized spacial score (nSPS) is 25.1. The Morgan fingerprint density at radius 2 is 2.24 bits per heavy atom. The SMILES string of the molecule is CC1COCCN1c1cc(Br)nc(C2CC2)n1. The van der Waals surface area contributed by atoms with E-state index in [1.807, 2.05) is 6.07 Å². The smallest absolute Gasteiger partial charge is 0.135 e. The number of ether oxygens (including phenoxy) is 1. The van der Waals surface area contributed by atoms with E-state index in [0.29, 0.717) is 12.0 Å². The molecule has 1 aromatic heterocycles. The molecule has 0 amide bonds. The minimum Gasteiger partial charge on any atom is -0.377 e. The van der Waals surface area contributed by atoms with Crippen LogP contribution in [0.15, 0.2) is 10.7 Å². The van der Waals surface area contributed by atoms with Crippen molar-refractivity contribution in [2.75, 3.05) is 24.7 Å². The van der Waals surface area contributed by atoms with Gasteiger partial charge in [-0.05, 0) is 35.7 Å². The molecule has 1 aliphatic carbocycles. The first kappa shape index (κ1) is 11.4. The van der Waals surface area contributed by atoms with Gasteiger partial charge in [0.05, 0.1) is 19.3 Å². The van der Waals surface area contributed by atoms with Crippen LogP contribution in [0.3, 0.4) is 0 Å². The maximum atomic E-state index is 5.46. The van der Waals surface area contributed by atoms with Crippen LogP contribution in [0.2, 0.25) is 0 Å². The predicted molar refractivity (Wildman–Crippen MR) is 69.3 cm³/mol. The molecule has 0 aromatic carbocycles. The van der Waals surface area contributed by atoms with Crippen molar-refractivity contribution in [1.82, 2.24) is 9.97 Å². The van der Waals surface area contributed by atoms with Crippen LogP contribution in [0.4, 0.5) is 5.82 Å². The van der Waals surface area contributed by atoms with Gasteiger partial charge in [0.25, 0.3) is 0 Å². The van der Waals surface area contributed by atoms with Crippen LogP contribution in [0, 0.1) is 0 Å². The fourth-order valence-corrected chi connectivity index (χ4v) is 2.55. The van der Waals surface area contributed by atoms with E-state index in [1.165, 1.54) is 12.8 Å². The first-order valence-electron chi connectivity index (χ1n) is 6.13. The van der Waals surface area contributed by atoms with Crippen LogP contribution < -0.4 is 4.90 Å². The Morgan fingerprint density at radius 1 is 1.41 bits per heavy atom. The van der Waals surface area contributed by atoms with Gasteiger partial charge < -0.3 is 9.64 Å². The van der Waals surface area contributed by atoms with Crippen LogP contribution in [-0.4, -0.2) is 35.8 Å². The predicted octanol–water partition coefficient (Wildman–Crippen LogP) is 2.34. The van der Waals surface area contributed by atoms with E-state index in [2.05, 4.69) is 32.7 Å². The third kappa shape index (κ3) is 2.45. The first-order chi connectivity index (χ1) is 8.24. The summed E-state index contributed by atoms with van der Waals surface area (Å²) in [4.78, 5) is 11.5. The van der Waals surface area contributed by atoms with Crippen molar-refractivity contribution in [1.29, 1.82) is 0 Å². The minimum atomic E-state index is 0.387. The summed E-state index contributed by atoms with van der Waals surface area (Å²) >= 11 is 3.49. The molecule has 1 atom stereocenters. The van der Waals surface area contributed by atoms with E-state index in [1.54, 1.807) is 0 Å². The molecule has 1 aliphatic heterocycles. The molecule has 1 unspecified atom stereocenters. The lowest BCUT2D eigenvalue weighted by Crippen LogP contribution is -2.44. The lowest BCUT2D eigenvalue weighted by Gasteiger charge is -2.34. The quantitative estimate of drug-likeness (QED) is 0.786. The average Bonchev–Trinajstić information content (AvgIpc) is 3.12. The summed E-state index contributed by atoms with van der Waals surface area (Å²) < 4.78 is 6.35. The zero-order valence-electron chi connectivity index (χ0n) is 9.90. The van der Waals surface area contributed by atoms with E-state index in [-0.39, 0.29) is 0 Å². The molecule has 1 saturated carbocycles. The van der Waals surface area contributed by atoms with Gasteiger partial charge in [0.15, 0.2) is 0 Å². The Kier molecular flexibility index (Phi) is 3.04. The van der Waals surface area contributed by atoms with Gasteiger partial charge in [-0.15, -0.1) is 0 Å². The highest BCUT2D eigenvalue weighted by Gasteiger charge is 2.28. The summed E-state index contributed by atoms with van der Waals surface area (Å²) in [6.45, 7) is 4.64. The van der Waals surface area contributed by atoms with E-state index >= 15 is 0 Å². The molecular formula is C12H16BrN3O. The summed E-state index contributed by atoms with van der Waals surface area (Å²) in [6.07, 6.45) is 2.46. The van der Waals surface area contributed by atoms with Crippen molar-refractivity contribution in [2.45, 2.75) is 31.7 Å². The molecule has 92 valence electrons. The Balaban J connectivity index is 1.90. The van der Waals surface area contributed by atoms with Gasteiger partial charge >= 0.3 is 0 Å². The number of anilines is 1. The Bertz CT molecular complexity index is 422. The van der Waals surface area contributed by atoms with Crippen LogP contribution >= 0.6 is 15.9 Å². The van der Waals surface area contributed by atoms with Crippen molar-refractivity contribution in [3.05, 3.63) is 16.5 Å². The standard InChI is InChI=1S/C12H16BrN3O/c1-8-7-17-5-4-16(8)11-6-10(13)14-12(15-11)9-2-3-9/h6,8-9H,2-5,7H2,1H3. The number of nitrogens with zero attached hydrogens (tertiary/aromatic N) is 3. The zero-order valence-corrected chi connectivity index (χ0v) is 11.5. The number of halogens is 1. The minimum absolute atomic E-state index is 0.387. The second-order valence-corrected chi connectivity index (χ2v) is 5.61. The van der Waals surface area contributed by atoms with Gasteiger partial charge in [-0.1, -0.05) is 0 Å². The molecule has 3 rings (SSSR count). The van der Waals surface area contributed by atoms with Crippen LogP contribution in [0.25, 0.3) is 0 Å². The fraction of sp³-hybridized carbons (Fsp3) is 0.667. The zero-order chi connectivity index (χ0) is 11.8. The van der Waals surface area contributed by atoms with Crippen LogP contribution in [-0.2, 0) is 4.74 Å². The van der Waals surface area contributed by atoms with Gasteiger partial charge in [0.1, 0.15) is 16.2 Å². The molecular weight excluding hydrogens is 282 g/mol. The highest BCUT2D eigenvalue weighted by Crippen LogP contribution is 2.39. The molecule has 2 fully saturated rings. The summed E-state index contributed by atoms with van der Waals surface area (Å²) in [5.41, 5.74) is 0. The number of hydrogen-bond donors (Lipinski definition) is 0. The largest absolute Gasteiger partial charge is 0.377 e. The van der Waals surface area contributed by atoms with Crippen LogP contribution in [0.1, 0.15) is 31.5 Å². The summed E-state index contributed by atoms with van der Waals surface area (Å²) in [5.74, 6) is 2.61. The van der Waals surface area contributed by atoms with Gasteiger partial charge in [0.2, 0.25) is 0 Å². The fourth-order valence-electron chi connectivity index (χ4n) is 2.16. The van der Waals surface area contributed by atoms with Crippen molar-refractivity contribution in [3.63, 3.8) is 0 Å². The molecule has 0 spiro atoms. The van der Waals surface area contributed by atoms with Crippen molar-refractivity contribution >= 4 is 21.7 Å². The third-order valence-corrected chi connectivity index (χ3v) is 3.71. The topological polar surface area (TPSA) is 38.2 Å². The third-order valence-electron chi connectivity index (χ3n) is 3.30. The Hall–Kier alpha value is -0.680. The van der Waals surface area contributed by atoms with E-state index < -0.39 is 0 Å². The van der Waals surface area contributed by atoms with Gasteiger partial charge in [-0.2, -0.15) is 0 Å². The lowest BCUT2D eigenvalue weighted by molar-refractivity contribution is 0.0985. The maximum Gasteiger partial charge on any atom is 0.135 e. The number of hydrogen-bond acceptors (Lipinski definition) is 4. The molecule has 1 saturated heterocycles. The monoisotopic (exact) mass is 297 g/mol. The Morgan fingerprint density at radius 3 is 2.94 bits per heavy atom. The van der Waals surface area contributed by atoms with Crippen molar-refractivity contribution in [2.24, 2.45) is 0 Å². The first-order valence-corrected chi connectivity index (χ1v) is 6.92. The van der Waals surface area contributed by atoms with E-state index in [4.69, 9.17) is 9.72 Å². The molecule has 17 heavy (non-hydrogen) atoms. The van der Waals surface area contributed by atoms with E-state index in [0.717, 1.165) is 36.0 Å². The molecule has 0 bridgehead atoms.